The van der Waals surface area contributed by atoms with Gasteiger partial charge in [-0.2, -0.15) is 0 Å². The van der Waals surface area contributed by atoms with E-state index >= 15 is 0 Å². The summed E-state index contributed by atoms with van der Waals surface area (Å²) in [4.78, 5) is 0. The van der Waals surface area contributed by atoms with Crippen LogP contribution in [0.25, 0.3) is 0 Å². The van der Waals surface area contributed by atoms with Crippen molar-refractivity contribution < 1.29 is 5.11 Å². The molecule has 0 aromatic heterocycles. The third kappa shape index (κ3) is 2.65. The van der Waals surface area contributed by atoms with Crippen molar-refractivity contribution in [1.29, 1.82) is 0 Å². The standard InChI is InChI=1S/C9H14O/c1-4-6-8(3)9(5-2)7-10/h4-6,10H,2,7H2,1,3H3/b6-4-,9-8+. The summed E-state index contributed by atoms with van der Waals surface area (Å²) in [5, 5.41) is 8.76. The number of allylic oxidation sites excluding steroid dienone is 3. The first-order chi connectivity index (χ1) is 4.76. The molecule has 0 aromatic carbocycles. The highest BCUT2D eigenvalue weighted by Gasteiger charge is 1.90. The molecule has 1 N–H and O–H groups in total. The molecule has 1 nitrogen and oxygen atoms in total. The van der Waals surface area contributed by atoms with Gasteiger partial charge >= 0.3 is 0 Å². The second-order valence-electron chi connectivity index (χ2n) is 2.07. The summed E-state index contributed by atoms with van der Waals surface area (Å²) < 4.78 is 0. The van der Waals surface area contributed by atoms with Crippen LogP contribution < -0.4 is 0 Å². The fourth-order valence-corrected chi connectivity index (χ4v) is 0.707. The fraction of sp³-hybridized carbons (Fsp3) is 0.333. The Balaban J connectivity index is 4.42. The SMILES string of the molecule is C=C/C(CO)=C(C)\C=C/C. The van der Waals surface area contributed by atoms with Crippen molar-refractivity contribution in [2.45, 2.75) is 13.8 Å². The molecular formula is C9H14O. The minimum Gasteiger partial charge on any atom is -0.392 e. The van der Waals surface area contributed by atoms with E-state index < -0.39 is 0 Å². The van der Waals surface area contributed by atoms with E-state index in [0.29, 0.717) is 0 Å². The van der Waals surface area contributed by atoms with Crippen LogP contribution in [0.15, 0.2) is 36.0 Å². The van der Waals surface area contributed by atoms with Crippen molar-refractivity contribution >= 4 is 0 Å². The van der Waals surface area contributed by atoms with Crippen LogP contribution in [0.4, 0.5) is 0 Å². The predicted octanol–water partition coefficient (Wildman–Crippen LogP) is 2.06. The number of aliphatic hydroxyl groups is 1. The average molecular weight is 138 g/mol. The molecule has 0 saturated carbocycles. The molecule has 0 rings (SSSR count). The zero-order valence-electron chi connectivity index (χ0n) is 6.59. The molecule has 0 aromatic rings. The minimum absolute atomic E-state index is 0.0691. The molecule has 0 unspecified atom stereocenters. The molecule has 0 fully saturated rings. The lowest BCUT2D eigenvalue weighted by atomic mass is 10.1. The van der Waals surface area contributed by atoms with Crippen LogP contribution >= 0.6 is 0 Å². The van der Waals surface area contributed by atoms with E-state index in [4.69, 9.17) is 5.11 Å². The molecule has 10 heavy (non-hydrogen) atoms. The molecule has 0 atom stereocenters. The van der Waals surface area contributed by atoms with E-state index in [9.17, 15) is 0 Å². The average Bonchev–Trinajstić information content (AvgIpc) is 1.91. The van der Waals surface area contributed by atoms with Gasteiger partial charge < -0.3 is 5.11 Å². The Morgan fingerprint density at radius 3 is 2.50 bits per heavy atom. The molecule has 0 amide bonds. The Kier molecular flexibility index (Phi) is 4.59. The topological polar surface area (TPSA) is 20.2 Å². The minimum atomic E-state index is 0.0691. The molecule has 0 radical (unpaired) electrons. The third-order valence-electron chi connectivity index (χ3n) is 1.34. The van der Waals surface area contributed by atoms with Gasteiger partial charge in [0.05, 0.1) is 6.61 Å². The molecule has 0 aliphatic carbocycles. The van der Waals surface area contributed by atoms with Gasteiger partial charge in [0.1, 0.15) is 0 Å². The van der Waals surface area contributed by atoms with Crippen LogP contribution in [0.5, 0.6) is 0 Å². The predicted molar refractivity (Wildman–Crippen MR) is 44.8 cm³/mol. The first kappa shape index (κ1) is 9.18. The molecule has 1 heteroatoms. The van der Waals surface area contributed by atoms with Crippen molar-refractivity contribution in [2.75, 3.05) is 6.61 Å². The maximum atomic E-state index is 8.76. The van der Waals surface area contributed by atoms with E-state index in [0.717, 1.165) is 11.1 Å². The number of hydrogen-bond acceptors (Lipinski definition) is 1. The summed E-state index contributed by atoms with van der Waals surface area (Å²) >= 11 is 0. The van der Waals surface area contributed by atoms with E-state index in [-0.39, 0.29) is 6.61 Å². The summed E-state index contributed by atoms with van der Waals surface area (Å²) in [6, 6.07) is 0. The van der Waals surface area contributed by atoms with Gasteiger partial charge in [-0.05, 0) is 25.0 Å². The van der Waals surface area contributed by atoms with Crippen molar-refractivity contribution in [2.24, 2.45) is 0 Å². The van der Waals surface area contributed by atoms with Crippen molar-refractivity contribution in [1.82, 2.24) is 0 Å². The second kappa shape index (κ2) is 5.00. The molecular weight excluding hydrogens is 124 g/mol. The van der Waals surface area contributed by atoms with Crippen molar-refractivity contribution in [3.8, 4) is 0 Å². The molecule has 0 heterocycles. The van der Waals surface area contributed by atoms with Gasteiger partial charge in [0, 0.05) is 0 Å². The monoisotopic (exact) mass is 138 g/mol. The van der Waals surface area contributed by atoms with Gasteiger partial charge in [0.25, 0.3) is 0 Å². The van der Waals surface area contributed by atoms with Crippen LogP contribution in [-0.4, -0.2) is 11.7 Å². The maximum absolute atomic E-state index is 8.76. The highest BCUT2D eigenvalue weighted by molar-refractivity contribution is 5.30. The smallest absolute Gasteiger partial charge is 0.0684 e. The largest absolute Gasteiger partial charge is 0.392 e. The van der Waals surface area contributed by atoms with E-state index in [1.807, 2.05) is 26.0 Å². The second-order valence-corrected chi connectivity index (χ2v) is 2.07. The molecule has 0 aliphatic heterocycles. The van der Waals surface area contributed by atoms with Gasteiger partial charge in [-0.25, -0.2) is 0 Å². The Morgan fingerprint density at radius 1 is 1.60 bits per heavy atom. The first-order valence-corrected chi connectivity index (χ1v) is 3.32. The zero-order valence-corrected chi connectivity index (χ0v) is 6.59. The number of rotatable bonds is 3. The summed E-state index contributed by atoms with van der Waals surface area (Å²) in [5.41, 5.74) is 1.96. The quantitative estimate of drug-likeness (QED) is 0.592. The third-order valence-corrected chi connectivity index (χ3v) is 1.34. The van der Waals surface area contributed by atoms with Gasteiger partial charge in [-0.3, -0.25) is 0 Å². The Hall–Kier alpha value is -0.820. The Morgan fingerprint density at radius 2 is 2.20 bits per heavy atom. The molecule has 56 valence electrons. The van der Waals surface area contributed by atoms with Crippen molar-refractivity contribution in [3.05, 3.63) is 36.0 Å². The van der Waals surface area contributed by atoms with Crippen molar-refractivity contribution in [3.63, 3.8) is 0 Å². The lowest BCUT2D eigenvalue weighted by Gasteiger charge is -1.98. The number of hydrogen-bond donors (Lipinski definition) is 1. The fourth-order valence-electron chi connectivity index (χ4n) is 0.707. The van der Waals surface area contributed by atoms with Crippen LogP contribution in [-0.2, 0) is 0 Å². The van der Waals surface area contributed by atoms with E-state index in [1.165, 1.54) is 0 Å². The van der Waals surface area contributed by atoms with Gasteiger partial charge in [0.2, 0.25) is 0 Å². The van der Waals surface area contributed by atoms with Gasteiger partial charge in [-0.1, -0.05) is 24.8 Å². The normalized spacial score (nSPS) is 13.5. The van der Waals surface area contributed by atoms with Crippen LogP contribution in [0.2, 0.25) is 0 Å². The molecule has 0 aliphatic rings. The lowest BCUT2D eigenvalue weighted by Crippen LogP contribution is -1.88. The summed E-state index contributed by atoms with van der Waals surface area (Å²) in [6.07, 6.45) is 5.57. The molecule has 0 spiro atoms. The van der Waals surface area contributed by atoms with Crippen LogP contribution in [0, 0.1) is 0 Å². The number of aliphatic hydroxyl groups excluding tert-OH is 1. The molecule has 0 saturated heterocycles. The highest BCUT2D eigenvalue weighted by atomic mass is 16.3. The Bertz CT molecular complexity index is 164. The summed E-state index contributed by atoms with van der Waals surface area (Å²) in [7, 11) is 0. The summed E-state index contributed by atoms with van der Waals surface area (Å²) in [6.45, 7) is 7.55. The zero-order chi connectivity index (χ0) is 7.98. The summed E-state index contributed by atoms with van der Waals surface area (Å²) in [5.74, 6) is 0. The van der Waals surface area contributed by atoms with E-state index in [2.05, 4.69) is 6.58 Å². The van der Waals surface area contributed by atoms with Crippen LogP contribution in [0.1, 0.15) is 13.8 Å². The molecule has 0 bridgehead atoms. The lowest BCUT2D eigenvalue weighted by molar-refractivity contribution is 0.334. The highest BCUT2D eigenvalue weighted by Crippen LogP contribution is 2.04. The van der Waals surface area contributed by atoms with Gasteiger partial charge in [0.15, 0.2) is 0 Å². The van der Waals surface area contributed by atoms with Crippen LogP contribution in [0.3, 0.4) is 0 Å². The Labute approximate surface area is 62.4 Å². The first-order valence-electron chi connectivity index (χ1n) is 3.32. The van der Waals surface area contributed by atoms with Gasteiger partial charge in [-0.15, -0.1) is 0 Å². The van der Waals surface area contributed by atoms with E-state index in [1.54, 1.807) is 6.08 Å². The maximum Gasteiger partial charge on any atom is 0.0684 e.